The Balaban J connectivity index is 0.888. The zero-order chi connectivity index (χ0) is 37.4. The van der Waals surface area contributed by atoms with Crippen LogP contribution in [0.1, 0.15) is 41.9 Å². The lowest BCUT2D eigenvalue weighted by atomic mass is 9.94. The van der Waals surface area contributed by atoms with Crippen LogP contribution >= 0.6 is 0 Å². The number of ether oxygens (including phenoxy) is 8. The van der Waals surface area contributed by atoms with Crippen molar-refractivity contribution < 1.29 is 57.4 Å². The normalized spacial score (nSPS) is 14.4. The maximum absolute atomic E-state index is 13.4. The van der Waals surface area contributed by atoms with Crippen molar-refractivity contribution in [2.75, 3.05) is 117 Å². The van der Waals surface area contributed by atoms with Gasteiger partial charge in [-0.3, -0.25) is 14.4 Å². The van der Waals surface area contributed by atoms with Gasteiger partial charge in [0, 0.05) is 30.9 Å². The summed E-state index contributed by atoms with van der Waals surface area (Å²) in [6, 6.07) is 16.3. The van der Waals surface area contributed by atoms with Crippen LogP contribution < -0.4 is 10.2 Å². The van der Waals surface area contributed by atoms with Gasteiger partial charge in [0.05, 0.1) is 124 Å². The van der Waals surface area contributed by atoms with E-state index in [1.807, 2.05) is 35.2 Å². The second kappa shape index (κ2) is 25.3. The lowest BCUT2D eigenvalue weighted by molar-refractivity contribution is -0.138. The number of para-hydroxylation sites is 1. The summed E-state index contributed by atoms with van der Waals surface area (Å²) < 4.78 is 43.3. The summed E-state index contributed by atoms with van der Waals surface area (Å²) in [5, 5.41) is 11.3. The van der Waals surface area contributed by atoms with Gasteiger partial charge in [0.2, 0.25) is 11.8 Å². The molecule has 14 heteroatoms. The van der Waals surface area contributed by atoms with Gasteiger partial charge in [-0.05, 0) is 22.8 Å². The number of nitrogens with zero attached hydrogens (tertiary/aromatic N) is 1. The number of carboxylic acids is 1. The number of hydrogen-bond acceptors (Lipinski definition) is 11. The predicted octanol–water partition coefficient (Wildman–Crippen LogP) is 3.22. The molecule has 1 aliphatic heterocycles. The second-order valence-corrected chi connectivity index (χ2v) is 12.2. The molecule has 53 heavy (non-hydrogen) atoms. The van der Waals surface area contributed by atoms with E-state index in [1.165, 1.54) is 11.1 Å². The monoisotopic (exact) mass is 742 g/mol. The number of carboxylic acid groups (broad SMARTS) is 1. The van der Waals surface area contributed by atoms with E-state index in [0.717, 1.165) is 16.8 Å². The summed E-state index contributed by atoms with van der Waals surface area (Å²) in [6.07, 6.45) is 2.47. The van der Waals surface area contributed by atoms with E-state index in [1.54, 1.807) is 0 Å². The van der Waals surface area contributed by atoms with E-state index in [2.05, 4.69) is 29.6 Å². The molecule has 2 N–H and O–H groups in total. The number of nitrogens with one attached hydrogen (secondary N) is 1. The molecule has 4 rings (SSSR count). The summed E-state index contributed by atoms with van der Waals surface area (Å²) >= 11 is 0. The quantitative estimate of drug-likeness (QED) is 0.113. The topological polar surface area (TPSA) is 161 Å². The van der Waals surface area contributed by atoms with Crippen LogP contribution in [0.25, 0.3) is 5.57 Å². The Morgan fingerprint density at radius 3 is 1.66 bits per heavy atom. The Hall–Kier alpha value is -3.73. The molecule has 0 fully saturated rings. The number of fused-ring (bicyclic) bond motifs is 5. The van der Waals surface area contributed by atoms with Crippen LogP contribution in [0.2, 0.25) is 0 Å². The van der Waals surface area contributed by atoms with E-state index >= 15 is 0 Å². The molecular weight excluding hydrogens is 688 g/mol. The van der Waals surface area contributed by atoms with Crippen molar-refractivity contribution in [3.63, 3.8) is 0 Å². The van der Waals surface area contributed by atoms with Crippen LogP contribution in [-0.2, 0) is 58.8 Å². The minimum absolute atomic E-state index is 0.0105. The van der Waals surface area contributed by atoms with Gasteiger partial charge in [-0.25, -0.2) is 0 Å². The van der Waals surface area contributed by atoms with Crippen LogP contribution in [0.4, 0.5) is 5.69 Å². The second-order valence-electron chi connectivity index (χ2n) is 12.2. The maximum atomic E-state index is 13.4. The van der Waals surface area contributed by atoms with Crippen molar-refractivity contribution in [2.24, 2.45) is 0 Å². The molecule has 14 nitrogen and oxygen atoms in total. The molecule has 1 heterocycles. The number of benzene rings is 2. The molecule has 2 amide bonds. The van der Waals surface area contributed by atoms with Crippen LogP contribution in [0.5, 0.6) is 0 Å². The smallest absolute Gasteiger partial charge is 0.305 e. The molecule has 1 atom stereocenters. The van der Waals surface area contributed by atoms with Gasteiger partial charge in [0.25, 0.3) is 0 Å². The van der Waals surface area contributed by atoms with Crippen LogP contribution in [-0.4, -0.2) is 135 Å². The molecule has 0 saturated carbocycles. The Morgan fingerprint density at radius 2 is 1.09 bits per heavy atom. The first-order valence-electron chi connectivity index (χ1n) is 18.3. The predicted molar refractivity (Wildman–Crippen MR) is 196 cm³/mol. The number of allylic oxidation sites excluding steroid dienone is 2. The molecule has 0 spiro atoms. The third-order valence-electron chi connectivity index (χ3n) is 8.30. The number of anilines is 1. The first-order chi connectivity index (χ1) is 26.0. The SMILES string of the molecule is O=C(O)CCOCCOCCOCCOCCOCCOCCOCCOCCNC(=O)CCC(=O)N1Cc2ccccc2C2C=C2c2ccccc21. The molecule has 2 aliphatic rings. The summed E-state index contributed by atoms with van der Waals surface area (Å²) in [7, 11) is 0. The van der Waals surface area contributed by atoms with E-state index in [4.69, 9.17) is 43.0 Å². The summed E-state index contributed by atoms with van der Waals surface area (Å²) in [6.45, 7) is 7.46. The van der Waals surface area contributed by atoms with Crippen molar-refractivity contribution in [3.05, 3.63) is 71.3 Å². The van der Waals surface area contributed by atoms with E-state index < -0.39 is 5.97 Å². The lowest BCUT2D eigenvalue weighted by Crippen LogP contribution is -2.34. The molecule has 1 unspecified atom stereocenters. The van der Waals surface area contributed by atoms with E-state index in [-0.39, 0.29) is 37.7 Å². The van der Waals surface area contributed by atoms with Crippen LogP contribution in [0.15, 0.2) is 54.6 Å². The molecule has 0 aromatic heterocycles. The van der Waals surface area contributed by atoms with Gasteiger partial charge in [0.15, 0.2) is 0 Å². The van der Waals surface area contributed by atoms with Crippen LogP contribution in [0.3, 0.4) is 0 Å². The first-order valence-corrected chi connectivity index (χ1v) is 18.3. The fraction of sp³-hybridized carbons (Fsp3) is 0.564. The van der Waals surface area contributed by atoms with Gasteiger partial charge in [0.1, 0.15) is 0 Å². The molecule has 2 aromatic carbocycles. The number of carbonyl (C=O) groups is 3. The van der Waals surface area contributed by atoms with Gasteiger partial charge in [-0.15, -0.1) is 0 Å². The number of hydrogen-bond donors (Lipinski definition) is 2. The largest absolute Gasteiger partial charge is 0.481 e. The van der Waals surface area contributed by atoms with Crippen molar-refractivity contribution >= 4 is 29.0 Å². The average Bonchev–Trinajstić information content (AvgIpc) is 3.95. The average molecular weight is 743 g/mol. The third-order valence-corrected chi connectivity index (χ3v) is 8.30. The van der Waals surface area contributed by atoms with Crippen LogP contribution in [0, 0.1) is 0 Å². The summed E-state index contributed by atoms with van der Waals surface area (Å²) in [5.74, 6) is -0.830. The van der Waals surface area contributed by atoms with Crippen molar-refractivity contribution in [1.82, 2.24) is 5.32 Å². The molecule has 0 bridgehead atoms. The first kappa shape index (κ1) is 42.0. The van der Waals surface area contributed by atoms with Gasteiger partial charge in [-0.2, -0.15) is 0 Å². The van der Waals surface area contributed by atoms with Crippen molar-refractivity contribution in [2.45, 2.75) is 31.7 Å². The summed E-state index contributed by atoms with van der Waals surface area (Å²) in [5.41, 5.74) is 5.60. The Bertz CT molecular complexity index is 1420. The standard InChI is InChI=1S/C39H54N2O12/c42-37(9-10-38(43)41-30-31-5-1-2-6-32(31)34-29-35(34)33-7-3-4-8-36(33)41)40-12-14-47-16-18-49-20-22-51-24-26-53-28-27-52-25-23-50-21-19-48-17-15-46-13-11-39(44)45/h1-8,29,34H,9-28,30H2,(H,40,42)(H,44,45). The fourth-order valence-corrected chi connectivity index (χ4v) is 5.57. The highest BCUT2D eigenvalue weighted by Crippen LogP contribution is 2.51. The highest BCUT2D eigenvalue weighted by molar-refractivity contribution is 6.01. The van der Waals surface area contributed by atoms with Gasteiger partial charge >= 0.3 is 5.97 Å². The maximum Gasteiger partial charge on any atom is 0.305 e. The molecule has 0 saturated heterocycles. The Kier molecular flexibility index (Phi) is 20.1. The molecule has 2 aromatic rings. The highest BCUT2D eigenvalue weighted by atomic mass is 16.6. The lowest BCUT2D eigenvalue weighted by Gasteiger charge is -2.28. The number of carbonyl (C=O) groups excluding carboxylic acids is 2. The minimum Gasteiger partial charge on any atom is -0.481 e. The van der Waals surface area contributed by atoms with E-state index in [0.29, 0.717) is 118 Å². The van der Waals surface area contributed by atoms with E-state index in [9.17, 15) is 14.4 Å². The zero-order valence-electron chi connectivity index (χ0n) is 30.5. The van der Waals surface area contributed by atoms with Crippen molar-refractivity contribution in [1.29, 1.82) is 0 Å². The zero-order valence-corrected chi connectivity index (χ0v) is 30.5. The number of rotatable bonds is 30. The summed E-state index contributed by atoms with van der Waals surface area (Å²) in [4.78, 5) is 38.1. The Labute approximate surface area is 311 Å². The van der Waals surface area contributed by atoms with Crippen molar-refractivity contribution in [3.8, 4) is 0 Å². The number of amides is 2. The molecule has 292 valence electrons. The third kappa shape index (κ3) is 16.4. The highest BCUT2D eigenvalue weighted by Gasteiger charge is 2.35. The number of aliphatic carboxylic acids is 1. The Morgan fingerprint density at radius 1 is 0.604 bits per heavy atom. The molecule has 0 radical (unpaired) electrons. The fourth-order valence-electron chi connectivity index (χ4n) is 5.57. The van der Waals surface area contributed by atoms with Gasteiger partial charge < -0.3 is 53.2 Å². The molecular formula is C39H54N2O12. The van der Waals surface area contributed by atoms with Gasteiger partial charge in [-0.1, -0.05) is 48.5 Å². The minimum atomic E-state index is -0.881. The molecule has 1 aliphatic carbocycles.